The van der Waals surface area contributed by atoms with Gasteiger partial charge < -0.3 is 4.74 Å². The topological polar surface area (TPSA) is 26.3 Å². The molecule has 0 saturated carbocycles. The number of ether oxygens (including phenoxy) is 1. The lowest BCUT2D eigenvalue weighted by Gasteiger charge is -2.07. The molecule has 0 aliphatic rings. The van der Waals surface area contributed by atoms with E-state index in [1.54, 1.807) is 18.4 Å². The summed E-state index contributed by atoms with van der Waals surface area (Å²) in [5, 5.41) is 1.98. The molecule has 0 aliphatic heterocycles. The van der Waals surface area contributed by atoms with Gasteiger partial charge in [0.25, 0.3) is 0 Å². The normalized spacial score (nSPS) is 10.2. The van der Waals surface area contributed by atoms with Gasteiger partial charge >= 0.3 is 0 Å². The smallest absolute Gasteiger partial charge is 0.171 e. The molecule has 1 aromatic heterocycles. The standard InChI is InChI=1S/C14H14O2S/c1-10-5-6-12(14(8-10)16-2)13(15)9-11-4-3-7-17-11/h3-8H,9H2,1-2H3. The van der Waals surface area contributed by atoms with E-state index in [2.05, 4.69) is 0 Å². The van der Waals surface area contributed by atoms with Gasteiger partial charge in [0, 0.05) is 11.3 Å². The summed E-state index contributed by atoms with van der Waals surface area (Å²) in [7, 11) is 1.59. The summed E-state index contributed by atoms with van der Waals surface area (Å²) in [6.45, 7) is 1.98. The third kappa shape index (κ3) is 2.74. The zero-order valence-corrected chi connectivity index (χ0v) is 10.7. The van der Waals surface area contributed by atoms with Crippen LogP contribution in [0.2, 0.25) is 0 Å². The van der Waals surface area contributed by atoms with Gasteiger partial charge in [0.05, 0.1) is 12.7 Å². The Morgan fingerprint density at radius 3 is 2.82 bits per heavy atom. The van der Waals surface area contributed by atoms with Gasteiger partial charge in [-0.3, -0.25) is 4.79 Å². The maximum atomic E-state index is 12.1. The van der Waals surface area contributed by atoms with Gasteiger partial charge in [-0.1, -0.05) is 12.1 Å². The number of rotatable bonds is 4. The Morgan fingerprint density at radius 1 is 1.35 bits per heavy atom. The minimum Gasteiger partial charge on any atom is -0.496 e. The van der Waals surface area contributed by atoms with Crippen molar-refractivity contribution in [2.75, 3.05) is 7.11 Å². The van der Waals surface area contributed by atoms with Gasteiger partial charge in [0.15, 0.2) is 5.78 Å². The molecule has 0 bridgehead atoms. The molecular formula is C14H14O2S. The molecule has 0 amide bonds. The van der Waals surface area contributed by atoms with Crippen molar-refractivity contribution in [3.8, 4) is 5.75 Å². The lowest BCUT2D eigenvalue weighted by Crippen LogP contribution is -2.05. The number of aryl methyl sites for hydroxylation is 1. The van der Waals surface area contributed by atoms with Crippen molar-refractivity contribution in [1.29, 1.82) is 0 Å². The van der Waals surface area contributed by atoms with E-state index in [9.17, 15) is 4.79 Å². The molecule has 88 valence electrons. The lowest BCUT2D eigenvalue weighted by atomic mass is 10.0. The Labute approximate surface area is 105 Å². The quantitative estimate of drug-likeness (QED) is 0.772. The summed E-state index contributed by atoms with van der Waals surface area (Å²) in [5.41, 5.74) is 1.75. The van der Waals surface area contributed by atoms with Crippen molar-refractivity contribution in [2.24, 2.45) is 0 Å². The minimum atomic E-state index is 0.101. The van der Waals surface area contributed by atoms with Crippen LogP contribution in [0.15, 0.2) is 35.7 Å². The Bertz CT molecular complexity index is 515. The van der Waals surface area contributed by atoms with Gasteiger partial charge in [0.1, 0.15) is 5.75 Å². The van der Waals surface area contributed by atoms with Crippen LogP contribution in [0.4, 0.5) is 0 Å². The van der Waals surface area contributed by atoms with Crippen molar-refractivity contribution < 1.29 is 9.53 Å². The molecule has 1 heterocycles. The highest BCUT2D eigenvalue weighted by molar-refractivity contribution is 7.10. The van der Waals surface area contributed by atoms with Gasteiger partial charge in [-0.15, -0.1) is 11.3 Å². The number of carbonyl (C=O) groups is 1. The van der Waals surface area contributed by atoms with Crippen LogP contribution < -0.4 is 4.74 Å². The molecule has 1 aromatic carbocycles. The SMILES string of the molecule is COc1cc(C)ccc1C(=O)Cc1cccs1. The molecule has 3 heteroatoms. The third-order valence-corrected chi connectivity index (χ3v) is 3.45. The molecule has 2 nitrogen and oxygen atoms in total. The molecule has 0 radical (unpaired) electrons. The monoisotopic (exact) mass is 246 g/mol. The van der Waals surface area contributed by atoms with Crippen LogP contribution >= 0.6 is 11.3 Å². The summed E-state index contributed by atoms with van der Waals surface area (Å²) < 4.78 is 5.25. The first-order valence-corrected chi connectivity index (χ1v) is 6.29. The number of methoxy groups -OCH3 is 1. The molecule has 0 fully saturated rings. The zero-order valence-electron chi connectivity index (χ0n) is 9.90. The first-order chi connectivity index (χ1) is 8.20. The highest BCUT2D eigenvalue weighted by atomic mass is 32.1. The van der Waals surface area contributed by atoms with Crippen LogP contribution in [-0.2, 0) is 6.42 Å². The number of hydrogen-bond donors (Lipinski definition) is 0. The number of thiophene rings is 1. The van der Waals surface area contributed by atoms with E-state index in [1.807, 2.05) is 42.6 Å². The summed E-state index contributed by atoms with van der Waals surface area (Å²) >= 11 is 1.60. The molecule has 0 saturated heterocycles. The van der Waals surface area contributed by atoms with Gasteiger partial charge in [-0.25, -0.2) is 0 Å². The molecule has 17 heavy (non-hydrogen) atoms. The molecule has 0 N–H and O–H groups in total. The molecule has 2 rings (SSSR count). The van der Waals surface area contributed by atoms with Crippen molar-refractivity contribution in [3.63, 3.8) is 0 Å². The Hall–Kier alpha value is -1.61. The van der Waals surface area contributed by atoms with Gasteiger partial charge in [0.2, 0.25) is 0 Å². The van der Waals surface area contributed by atoms with Crippen LogP contribution in [-0.4, -0.2) is 12.9 Å². The summed E-state index contributed by atoms with van der Waals surface area (Å²) in [5.74, 6) is 0.760. The Balaban J connectivity index is 2.24. The van der Waals surface area contributed by atoms with Crippen molar-refractivity contribution in [2.45, 2.75) is 13.3 Å². The number of Topliss-reactive ketones (excluding diaryl/α,β-unsaturated/α-hetero) is 1. The van der Waals surface area contributed by atoms with E-state index in [-0.39, 0.29) is 5.78 Å². The fraction of sp³-hybridized carbons (Fsp3) is 0.214. The van der Waals surface area contributed by atoms with Crippen molar-refractivity contribution in [3.05, 3.63) is 51.7 Å². The van der Waals surface area contributed by atoms with E-state index in [1.165, 1.54) is 0 Å². The Kier molecular flexibility index (Phi) is 3.59. The number of ketones is 1. The van der Waals surface area contributed by atoms with Crippen LogP contribution in [0.25, 0.3) is 0 Å². The fourth-order valence-corrected chi connectivity index (χ4v) is 2.40. The average Bonchev–Trinajstić information content (AvgIpc) is 2.81. The highest BCUT2D eigenvalue weighted by Crippen LogP contribution is 2.22. The van der Waals surface area contributed by atoms with Gasteiger partial charge in [-0.2, -0.15) is 0 Å². The highest BCUT2D eigenvalue weighted by Gasteiger charge is 2.13. The zero-order chi connectivity index (χ0) is 12.3. The van der Waals surface area contributed by atoms with Crippen LogP contribution in [0.1, 0.15) is 20.8 Å². The van der Waals surface area contributed by atoms with E-state index in [0.29, 0.717) is 17.7 Å². The first-order valence-electron chi connectivity index (χ1n) is 5.41. The second-order valence-corrected chi connectivity index (χ2v) is 4.92. The van der Waals surface area contributed by atoms with Crippen LogP contribution in [0.5, 0.6) is 5.75 Å². The fourth-order valence-electron chi connectivity index (χ4n) is 1.70. The van der Waals surface area contributed by atoms with Crippen LogP contribution in [0, 0.1) is 6.92 Å². The Morgan fingerprint density at radius 2 is 2.18 bits per heavy atom. The van der Waals surface area contributed by atoms with Crippen molar-refractivity contribution in [1.82, 2.24) is 0 Å². The maximum Gasteiger partial charge on any atom is 0.171 e. The number of hydrogen-bond acceptors (Lipinski definition) is 3. The van der Waals surface area contributed by atoms with Gasteiger partial charge in [-0.05, 0) is 36.1 Å². The average molecular weight is 246 g/mol. The second-order valence-electron chi connectivity index (χ2n) is 3.88. The minimum absolute atomic E-state index is 0.101. The largest absolute Gasteiger partial charge is 0.496 e. The summed E-state index contributed by atoms with van der Waals surface area (Å²) in [6, 6.07) is 9.60. The van der Waals surface area contributed by atoms with E-state index in [4.69, 9.17) is 4.74 Å². The number of carbonyl (C=O) groups excluding carboxylic acids is 1. The molecule has 0 aliphatic carbocycles. The van der Waals surface area contributed by atoms with E-state index in [0.717, 1.165) is 10.4 Å². The number of benzene rings is 1. The summed E-state index contributed by atoms with van der Waals surface area (Å²) in [4.78, 5) is 13.2. The summed E-state index contributed by atoms with van der Waals surface area (Å²) in [6.07, 6.45) is 0.442. The second kappa shape index (κ2) is 5.15. The third-order valence-electron chi connectivity index (χ3n) is 2.57. The molecule has 0 unspecified atom stereocenters. The van der Waals surface area contributed by atoms with Crippen molar-refractivity contribution >= 4 is 17.1 Å². The first kappa shape index (κ1) is 11.9. The van der Waals surface area contributed by atoms with E-state index >= 15 is 0 Å². The molecule has 2 aromatic rings. The molecule has 0 spiro atoms. The van der Waals surface area contributed by atoms with E-state index < -0.39 is 0 Å². The predicted molar refractivity (Wildman–Crippen MR) is 70.1 cm³/mol. The molecular weight excluding hydrogens is 232 g/mol. The predicted octanol–water partition coefficient (Wildman–Crippen LogP) is 3.49. The maximum absolute atomic E-state index is 12.1. The lowest BCUT2D eigenvalue weighted by molar-refractivity contribution is 0.0991. The molecule has 0 atom stereocenters. The van der Waals surface area contributed by atoms with Crippen LogP contribution in [0.3, 0.4) is 0 Å².